The van der Waals surface area contributed by atoms with Gasteiger partial charge in [0.2, 0.25) is 0 Å². The Labute approximate surface area is 126 Å². The minimum atomic E-state index is 0.766. The van der Waals surface area contributed by atoms with E-state index in [1.165, 1.54) is 32.4 Å². The number of nitrogens with zero attached hydrogens (tertiary/aromatic N) is 2. The summed E-state index contributed by atoms with van der Waals surface area (Å²) < 4.78 is 0. The van der Waals surface area contributed by atoms with Crippen molar-refractivity contribution in [3.8, 4) is 0 Å². The maximum Gasteiger partial charge on any atom is 0.0637 e. The summed E-state index contributed by atoms with van der Waals surface area (Å²) in [6.07, 6.45) is 4.08. The Kier molecular flexibility index (Phi) is 4.49. The number of halogens is 1. The van der Waals surface area contributed by atoms with Gasteiger partial charge in [-0.3, -0.25) is 9.80 Å². The molecule has 2 aliphatic heterocycles. The van der Waals surface area contributed by atoms with E-state index in [4.69, 9.17) is 11.6 Å². The van der Waals surface area contributed by atoms with E-state index in [2.05, 4.69) is 22.2 Å². The van der Waals surface area contributed by atoms with E-state index in [0.717, 1.165) is 35.9 Å². The molecule has 1 aromatic rings. The van der Waals surface area contributed by atoms with Gasteiger partial charge in [-0.05, 0) is 45.0 Å². The zero-order chi connectivity index (χ0) is 13.9. The van der Waals surface area contributed by atoms with Crippen molar-refractivity contribution in [1.29, 1.82) is 0 Å². The SMILES string of the molecule is CN1C2CCC1CN(CCNc1ccccc1Cl)CC2. The monoisotopic (exact) mass is 293 g/mol. The van der Waals surface area contributed by atoms with E-state index in [0.29, 0.717) is 0 Å². The zero-order valence-corrected chi connectivity index (χ0v) is 12.9. The van der Waals surface area contributed by atoms with Gasteiger partial charge in [0.15, 0.2) is 0 Å². The lowest BCUT2D eigenvalue weighted by Gasteiger charge is -2.25. The number of likely N-dealkylation sites (N-methyl/N-ethyl adjacent to an activating group) is 1. The summed E-state index contributed by atoms with van der Waals surface area (Å²) in [6, 6.07) is 9.55. The minimum absolute atomic E-state index is 0.766. The third-order valence-electron chi connectivity index (χ3n) is 4.85. The predicted octanol–water partition coefficient (Wildman–Crippen LogP) is 2.92. The lowest BCUT2D eigenvalue weighted by Crippen LogP contribution is -2.38. The average molecular weight is 294 g/mol. The van der Waals surface area contributed by atoms with Gasteiger partial charge in [0.1, 0.15) is 0 Å². The maximum absolute atomic E-state index is 6.16. The molecule has 1 N–H and O–H groups in total. The molecular formula is C16H24ClN3. The van der Waals surface area contributed by atoms with Crippen LogP contribution >= 0.6 is 11.6 Å². The predicted molar refractivity (Wildman–Crippen MR) is 85.6 cm³/mol. The molecule has 0 aliphatic carbocycles. The van der Waals surface area contributed by atoms with Crippen molar-refractivity contribution in [2.24, 2.45) is 0 Å². The molecule has 2 aliphatic rings. The number of rotatable bonds is 4. The van der Waals surface area contributed by atoms with Gasteiger partial charge in [0.25, 0.3) is 0 Å². The van der Waals surface area contributed by atoms with Crippen LogP contribution in [0.5, 0.6) is 0 Å². The molecule has 2 saturated heterocycles. The van der Waals surface area contributed by atoms with Crippen molar-refractivity contribution >= 4 is 17.3 Å². The van der Waals surface area contributed by atoms with Crippen LogP contribution in [0.25, 0.3) is 0 Å². The summed E-state index contributed by atoms with van der Waals surface area (Å²) in [5.41, 5.74) is 1.04. The van der Waals surface area contributed by atoms with Crippen molar-refractivity contribution < 1.29 is 0 Å². The summed E-state index contributed by atoms with van der Waals surface area (Å²) in [5, 5.41) is 4.26. The second kappa shape index (κ2) is 6.33. The molecule has 0 saturated carbocycles. The molecular weight excluding hydrogens is 270 g/mol. The highest BCUT2D eigenvalue weighted by atomic mass is 35.5. The van der Waals surface area contributed by atoms with Crippen LogP contribution in [0.4, 0.5) is 5.69 Å². The molecule has 20 heavy (non-hydrogen) atoms. The van der Waals surface area contributed by atoms with Crippen LogP contribution in [0.1, 0.15) is 19.3 Å². The molecule has 2 fully saturated rings. The Morgan fingerprint density at radius 1 is 1.20 bits per heavy atom. The molecule has 3 rings (SSSR count). The number of benzene rings is 1. The van der Waals surface area contributed by atoms with Gasteiger partial charge in [-0.1, -0.05) is 23.7 Å². The van der Waals surface area contributed by atoms with E-state index < -0.39 is 0 Å². The maximum atomic E-state index is 6.16. The first-order valence-corrected chi connectivity index (χ1v) is 8.04. The van der Waals surface area contributed by atoms with Gasteiger partial charge in [0, 0.05) is 31.7 Å². The first-order chi connectivity index (χ1) is 9.74. The molecule has 0 aromatic heterocycles. The number of hydrogen-bond acceptors (Lipinski definition) is 3. The Hall–Kier alpha value is -0.770. The van der Waals surface area contributed by atoms with Gasteiger partial charge < -0.3 is 5.32 Å². The first kappa shape index (κ1) is 14.2. The highest BCUT2D eigenvalue weighted by molar-refractivity contribution is 6.33. The van der Waals surface area contributed by atoms with Gasteiger partial charge >= 0.3 is 0 Å². The van der Waals surface area contributed by atoms with Gasteiger partial charge in [-0.15, -0.1) is 0 Å². The normalized spacial score (nSPS) is 27.5. The molecule has 0 radical (unpaired) electrons. The fourth-order valence-corrected chi connectivity index (χ4v) is 3.74. The van der Waals surface area contributed by atoms with Crippen LogP contribution in [-0.2, 0) is 0 Å². The van der Waals surface area contributed by atoms with Gasteiger partial charge in [0.05, 0.1) is 10.7 Å². The Balaban J connectivity index is 1.48. The quantitative estimate of drug-likeness (QED) is 0.921. The second-order valence-corrected chi connectivity index (χ2v) is 6.45. The van der Waals surface area contributed by atoms with Gasteiger partial charge in [-0.2, -0.15) is 0 Å². The summed E-state index contributed by atoms with van der Waals surface area (Å²) in [5.74, 6) is 0. The van der Waals surface area contributed by atoms with E-state index in [1.54, 1.807) is 0 Å². The van der Waals surface area contributed by atoms with E-state index in [1.807, 2.05) is 24.3 Å². The lowest BCUT2D eigenvalue weighted by atomic mass is 10.1. The Morgan fingerprint density at radius 3 is 2.85 bits per heavy atom. The van der Waals surface area contributed by atoms with E-state index in [-0.39, 0.29) is 0 Å². The van der Waals surface area contributed by atoms with Crippen molar-refractivity contribution in [1.82, 2.24) is 9.80 Å². The van der Waals surface area contributed by atoms with Crippen LogP contribution in [0.3, 0.4) is 0 Å². The summed E-state index contributed by atoms with van der Waals surface area (Å²) >= 11 is 6.16. The highest BCUT2D eigenvalue weighted by Crippen LogP contribution is 2.28. The second-order valence-electron chi connectivity index (χ2n) is 6.05. The van der Waals surface area contributed by atoms with Crippen LogP contribution in [-0.4, -0.2) is 55.1 Å². The molecule has 0 amide bonds. The first-order valence-electron chi connectivity index (χ1n) is 7.67. The van der Waals surface area contributed by atoms with Crippen LogP contribution < -0.4 is 5.32 Å². The van der Waals surface area contributed by atoms with Crippen molar-refractivity contribution in [2.75, 3.05) is 38.5 Å². The molecule has 4 heteroatoms. The minimum Gasteiger partial charge on any atom is -0.383 e. The molecule has 2 bridgehead atoms. The number of nitrogens with one attached hydrogen (secondary N) is 1. The Bertz CT molecular complexity index is 451. The molecule has 2 unspecified atom stereocenters. The summed E-state index contributed by atoms with van der Waals surface area (Å²) in [7, 11) is 2.30. The molecule has 0 spiro atoms. The number of likely N-dealkylation sites (tertiary alicyclic amines) is 1. The Morgan fingerprint density at radius 2 is 2.00 bits per heavy atom. The fraction of sp³-hybridized carbons (Fsp3) is 0.625. The molecule has 2 atom stereocenters. The number of hydrogen-bond donors (Lipinski definition) is 1. The van der Waals surface area contributed by atoms with E-state index >= 15 is 0 Å². The standard InChI is InChI=1S/C16H24ClN3/c1-19-13-6-7-14(19)12-20(10-8-13)11-9-18-16-5-3-2-4-15(16)17/h2-5,13-14,18H,6-12H2,1H3. The average Bonchev–Trinajstić information content (AvgIpc) is 2.68. The topological polar surface area (TPSA) is 18.5 Å². The molecule has 110 valence electrons. The lowest BCUT2D eigenvalue weighted by molar-refractivity contribution is 0.223. The largest absolute Gasteiger partial charge is 0.383 e. The molecule has 2 heterocycles. The number of anilines is 1. The highest BCUT2D eigenvalue weighted by Gasteiger charge is 2.34. The van der Waals surface area contributed by atoms with Crippen molar-refractivity contribution in [2.45, 2.75) is 31.3 Å². The number of para-hydroxylation sites is 1. The smallest absolute Gasteiger partial charge is 0.0637 e. The number of fused-ring (bicyclic) bond motifs is 2. The molecule has 3 nitrogen and oxygen atoms in total. The summed E-state index contributed by atoms with van der Waals surface area (Å²) in [4.78, 5) is 5.20. The zero-order valence-electron chi connectivity index (χ0n) is 12.2. The third-order valence-corrected chi connectivity index (χ3v) is 5.18. The van der Waals surface area contributed by atoms with Crippen molar-refractivity contribution in [3.05, 3.63) is 29.3 Å². The van der Waals surface area contributed by atoms with Crippen LogP contribution in [0, 0.1) is 0 Å². The van der Waals surface area contributed by atoms with E-state index in [9.17, 15) is 0 Å². The van der Waals surface area contributed by atoms with Crippen LogP contribution in [0.15, 0.2) is 24.3 Å². The van der Waals surface area contributed by atoms with Crippen molar-refractivity contribution in [3.63, 3.8) is 0 Å². The molecule has 1 aromatic carbocycles. The third kappa shape index (κ3) is 3.11. The fourth-order valence-electron chi connectivity index (χ4n) is 3.54. The van der Waals surface area contributed by atoms with Crippen LogP contribution in [0.2, 0.25) is 5.02 Å². The summed E-state index contributed by atoms with van der Waals surface area (Å²) in [6.45, 7) is 4.51. The van der Waals surface area contributed by atoms with Gasteiger partial charge in [-0.25, -0.2) is 0 Å².